The molecule has 0 fully saturated rings. The highest BCUT2D eigenvalue weighted by Crippen LogP contribution is 2.16. The molecule has 3 amide bonds. The van der Waals surface area contributed by atoms with Gasteiger partial charge < -0.3 is 21.7 Å². The fraction of sp³-hybridized carbons (Fsp3) is 0.471. The van der Waals surface area contributed by atoms with Crippen molar-refractivity contribution in [3.05, 3.63) is 29.8 Å². The van der Waals surface area contributed by atoms with Gasteiger partial charge in [0.1, 0.15) is 6.04 Å². The van der Waals surface area contributed by atoms with Crippen molar-refractivity contribution in [2.24, 2.45) is 11.1 Å². The van der Waals surface area contributed by atoms with E-state index in [2.05, 4.69) is 16.0 Å². The molecule has 25 heavy (non-hydrogen) atoms. The zero-order chi connectivity index (χ0) is 18.3. The monoisotopic (exact) mass is 370 g/mol. The summed E-state index contributed by atoms with van der Waals surface area (Å²) in [6.07, 6.45) is 0. The largest absolute Gasteiger partial charge is 0.351 e. The Kier molecular flexibility index (Phi) is 9.16. The van der Waals surface area contributed by atoms with Gasteiger partial charge in [0.25, 0.3) is 5.91 Å². The maximum absolute atomic E-state index is 12.3. The molecule has 1 aromatic rings. The van der Waals surface area contributed by atoms with E-state index >= 15 is 0 Å². The Labute approximate surface area is 154 Å². The molecule has 0 aliphatic carbocycles. The van der Waals surface area contributed by atoms with E-state index < -0.39 is 17.4 Å². The van der Waals surface area contributed by atoms with Gasteiger partial charge in [0.2, 0.25) is 11.8 Å². The third-order valence-electron chi connectivity index (χ3n) is 3.28. The van der Waals surface area contributed by atoms with Crippen molar-refractivity contribution in [2.45, 2.75) is 33.7 Å². The molecule has 8 heteroatoms. The van der Waals surface area contributed by atoms with Crippen LogP contribution < -0.4 is 21.7 Å². The van der Waals surface area contributed by atoms with Crippen molar-refractivity contribution >= 4 is 35.8 Å². The van der Waals surface area contributed by atoms with Crippen LogP contribution in [0.3, 0.4) is 0 Å². The van der Waals surface area contributed by atoms with E-state index in [9.17, 15) is 14.4 Å². The number of nitrogens with two attached hydrogens (primary N) is 1. The lowest BCUT2D eigenvalue weighted by Crippen LogP contribution is -2.46. The van der Waals surface area contributed by atoms with Crippen LogP contribution in [-0.4, -0.2) is 36.9 Å². The topological polar surface area (TPSA) is 113 Å². The number of hydrogen-bond acceptors (Lipinski definition) is 4. The second kappa shape index (κ2) is 10.0. The zero-order valence-corrected chi connectivity index (χ0v) is 15.8. The van der Waals surface area contributed by atoms with Crippen LogP contribution in [0, 0.1) is 5.41 Å². The molecule has 1 unspecified atom stereocenters. The quantitative estimate of drug-likeness (QED) is 0.604. The van der Waals surface area contributed by atoms with Gasteiger partial charge in [-0.15, -0.1) is 12.4 Å². The van der Waals surface area contributed by atoms with Crippen LogP contribution in [0.5, 0.6) is 0 Å². The summed E-state index contributed by atoms with van der Waals surface area (Å²) >= 11 is 0. The molecule has 5 N–H and O–H groups in total. The fourth-order valence-corrected chi connectivity index (χ4v) is 1.79. The molecule has 0 bridgehead atoms. The first-order valence-electron chi connectivity index (χ1n) is 7.86. The Hall–Kier alpha value is -2.12. The molecule has 0 saturated heterocycles. The highest BCUT2D eigenvalue weighted by atomic mass is 35.5. The molecule has 0 aliphatic heterocycles. The van der Waals surface area contributed by atoms with Crippen LogP contribution in [0.4, 0.5) is 5.69 Å². The number of hydrogen-bond donors (Lipinski definition) is 4. The van der Waals surface area contributed by atoms with Crippen LogP contribution in [0.25, 0.3) is 0 Å². The fourth-order valence-electron chi connectivity index (χ4n) is 1.79. The Balaban J connectivity index is 0.00000576. The molecule has 1 rings (SSSR count). The third-order valence-corrected chi connectivity index (χ3v) is 3.28. The van der Waals surface area contributed by atoms with Gasteiger partial charge in [0.05, 0.1) is 11.3 Å². The molecule has 1 atom stereocenters. The van der Waals surface area contributed by atoms with Gasteiger partial charge in [-0.05, 0) is 19.1 Å². The van der Waals surface area contributed by atoms with Crippen LogP contribution in [0.1, 0.15) is 38.1 Å². The molecule has 1 aromatic carbocycles. The Morgan fingerprint density at radius 3 is 2.32 bits per heavy atom. The number of rotatable bonds is 6. The van der Waals surface area contributed by atoms with E-state index in [0.29, 0.717) is 24.3 Å². The van der Waals surface area contributed by atoms with E-state index in [4.69, 9.17) is 5.73 Å². The Morgan fingerprint density at radius 2 is 1.76 bits per heavy atom. The number of halogens is 1. The molecule has 0 radical (unpaired) electrons. The molecule has 140 valence electrons. The predicted molar refractivity (Wildman–Crippen MR) is 101 cm³/mol. The smallest absolute Gasteiger partial charge is 0.253 e. The van der Waals surface area contributed by atoms with Crippen molar-refractivity contribution < 1.29 is 14.4 Å². The summed E-state index contributed by atoms with van der Waals surface area (Å²) in [6, 6.07) is 5.94. The summed E-state index contributed by atoms with van der Waals surface area (Å²) in [5.41, 5.74) is 5.51. The lowest BCUT2D eigenvalue weighted by Gasteiger charge is -2.21. The molecule has 0 saturated carbocycles. The average Bonchev–Trinajstić information content (AvgIpc) is 2.52. The van der Waals surface area contributed by atoms with E-state index in [-0.39, 0.29) is 24.2 Å². The summed E-state index contributed by atoms with van der Waals surface area (Å²) in [6.45, 7) is 7.57. The number of benzene rings is 1. The van der Waals surface area contributed by atoms with Gasteiger partial charge in [0, 0.05) is 18.5 Å². The number of carbonyl (C=O) groups excluding carboxylic acids is 3. The molecule has 0 heterocycles. The third kappa shape index (κ3) is 7.11. The van der Waals surface area contributed by atoms with Gasteiger partial charge in [-0.1, -0.05) is 32.9 Å². The Bertz CT molecular complexity index is 614. The molecular formula is C17H27ClN4O3. The van der Waals surface area contributed by atoms with Gasteiger partial charge in [-0.25, -0.2) is 0 Å². The van der Waals surface area contributed by atoms with Gasteiger partial charge in [0.15, 0.2) is 0 Å². The predicted octanol–water partition coefficient (Wildman–Crippen LogP) is 1.29. The van der Waals surface area contributed by atoms with Crippen molar-refractivity contribution in [1.29, 1.82) is 0 Å². The normalized spacial score (nSPS) is 11.7. The first kappa shape index (κ1) is 22.9. The molecule has 7 nitrogen and oxygen atoms in total. The lowest BCUT2D eigenvalue weighted by atomic mass is 9.95. The average molecular weight is 371 g/mol. The summed E-state index contributed by atoms with van der Waals surface area (Å²) in [4.78, 5) is 36.3. The summed E-state index contributed by atoms with van der Waals surface area (Å²) < 4.78 is 0. The summed E-state index contributed by atoms with van der Waals surface area (Å²) in [7, 11) is 0. The van der Waals surface area contributed by atoms with Crippen molar-refractivity contribution in [2.75, 3.05) is 18.4 Å². The van der Waals surface area contributed by atoms with Crippen LogP contribution in [-0.2, 0) is 9.59 Å². The standard InChI is InChI=1S/C17H26N4O3.ClH/c1-11(20-16(24)17(2,3)4)14(22)21-13-8-6-5-7-12(13)15(23)19-10-9-18;/h5-8,11H,9-10,18H2,1-4H3,(H,19,23)(H,20,24)(H,21,22);1H. The highest BCUT2D eigenvalue weighted by molar-refractivity contribution is 6.05. The highest BCUT2D eigenvalue weighted by Gasteiger charge is 2.25. The van der Waals surface area contributed by atoms with Crippen molar-refractivity contribution in [3.63, 3.8) is 0 Å². The van der Waals surface area contributed by atoms with E-state index in [0.717, 1.165) is 0 Å². The number of amides is 3. The second-order valence-corrected chi connectivity index (χ2v) is 6.52. The maximum atomic E-state index is 12.3. The van der Waals surface area contributed by atoms with E-state index in [1.54, 1.807) is 52.0 Å². The van der Waals surface area contributed by atoms with Gasteiger partial charge in [-0.3, -0.25) is 14.4 Å². The van der Waals surface area contributed by atoms with Gasteiger partial charge in [-0.2, -0.15) is 0 Å². The molecule has 0 spiro atoms. The minimum absolute atomic E-state index is 0. The Morgan fingerprint density at radius 1 is 1.16 bits per heavy atom. The number of anilines is 1. The summed E-state index contributed by atoms with van der Waals surface area (Å²) in [5, 5.41) is 7.99. The van der Waals surface area contributed by atoms with Crippen LogP contribution in [0.2, 0.25) is 0 Å². The molecule has 0 aromatic heterocycles. The number of nitrogens with one attached hydrogen (secondary N) is 3. The summed E-state index contributed by atoms with van der Waals surface area (Å²) in [5.74, 6) is -0.937. The van der Waals surface area contributed by atoms with E-state index in [1.165, 1.54) is 0 Å². The van der Waals surface area contributed by atoms with Crippen LogP contribution in [0.15, 0.2) is 24.3 Å². The van der Waals surface area contributed by atoms with Gasteiger partial charge >= 0.3 is 0 Å². The van der Waals surface area contributed by atoms with E-state index in [1.807, 2.05) is 0 Å². The first-order valence-corrected chi connectivity index (χ1v) is 7.86. The minimum atomic E-state index is -0.725. The SMILES string of the molecule is CC(NC(=O)C(C)(C)C)C(=O)Nc1ccccc1C(=O)NCCN.Cl. The second-order valence-electron chi connectivity index (χ2n) is 6.52. The van der Waals surface area contributed by atoms with Crippen molar-refractivity contribution in [1.82, 2.24) is 10.6 Å². The number of para-hydroxylation sites is 1. The lowest BCUT2D eigenvalue weighted by molar-refractivity contribution is -0.131. The number of carbonyl (C=O) groups is 3. The molecule has 0 aliphatic rings. The van der Waals surface area contributed by atoms with Crippen molar-refractivity contribution in [3.8, 4) is 0 Å². The first-order chi connectivity index (χ1) is 11.2. The molecular weight excluding hydrogens is 344 g/mol. The maximum Gasteiger partial charge on any atom is 0.253 e. The van der Waals surface area contributed by atoms with Crippen LogP contribution >= 0.6 is 12.4 Å². The minimum Gasteiger partial charge on any atom is -0.351 e. The zero-order valence-electron chi connectivity index (χ0n) is 15.0.